The number of H-pyrrole nitrogens is 1. The topological polar surface area (TPSA) is 42.8 Å². The molecule has 0 amide bonds. The van der Waals surface area contributed by atoms with Gasteiger partial charge >= 0.3 is 0 Å². The second-order valence-corrected chi connectivity index (χ2v) is 4.61. The molecule has 90 valence electrons. The molecule has 0 unspecified atom stereocenters. The Morgan fingerprint density at radius 2 is 2.25 bits per heavy atom. The Balaban J connectivity index is 1.84. The van der Waals surface area contributed by atoms with Crippen LogP contribution in [-0.2, 0) is 17.7 Å². The van der Waals surface area contributed by atoms with Crippen molar-refractivity contribution in [2.24, 2.45) is 0 Å². The van der Waals surface area contributed by atoms with E-state index >= 15 is 0 Å². The van der Waals surface area contributed by atoms with Crippen molar-refractivity contribution in [1.29, 1.82) is 0 Å². The third kappa shape index (κ3) is 2.71. The van der Waals surface area contributed by atoms with Crippen LogP contribution in [0.5, 0.6) is 0 Å². The van der Waals surface area contributed by atoms with Gasteiger partial charge in [-0.25, -0.2) is 0 Å². The Kier molecular flexibility index (Phi) is 4.12. The van der Waals surface area contributed by atoms with Gasteiger partial charge in [0.25, 0.3) is 0 Å². The van der Waals surface area contributed by atoms with Gasteiger partial charge in [-0.2, -0.15) is 5.10 Å². The second kappa shape index (κ2) is 5.59. The first-order valence-electron chi connectivity index (χ1n) is 6.07. The van der Waals surface area contributed by atoms with Gasteiger partial charge < -0.3 is 9.30 Å². The lowest BCUT2D eigenvalue weighted by atomic mass is 10.3. The van der Waals surface area contributed by atoms with Crippen LogP contribution in [-0.4, -0.2) is 27.5 Å². The van der Waals surface area contributed by atoms with E-state index in [1.807, 2.05) is 4.57 Å². The van der Waals surface area contributed by atoms with E-state index in [0.717, 1.165) is 25.4 Å². The fourth-order valence-corrected chi connectivity index (χ4v) is 2.46. The van der Waals surface area contributed by atoms with Crippen LogP contribution in [0, 0.1) is 4.77 Å². The summed E-state index contributed by atoms with van der Waals surface area (Å²) in [5.41, 5.74) is 0. The molecule has 0 aromatic carbocycles. The molecule has 1 aliphatic rings. The fourth-order valence-electron chi connectivity index (χ4n) is 2.22. The molecule has 1 aromatic rings. The minimum atomic E-state index is 0.478. The molecule has 0 saturated heterocycles. The van der Waals surface area contributed by atoms with Crippen LogP contribution in [0.25, 0.3) is 0 Å². The van der Waals surface area contributed by atoms with Gasteiger partial charge in [0.1, 0.15) is 5.82 Å². The molecule has 1 N–H and O–H groups in total. The second-order valence-electron chi connectivity index (χ2n) is 4.23. The summed E-state index contributed by atoms with van der Waals surface area (Å²) in [7, 11) is 0. The molecule has 1 aliphatic carbocycles. The third-order valence-corrected chi connectivity index (χ3v) is 3.44. The molecular formula is C11H19N3OS. The van der Waals surface area contributed by atoms with Crippen LogP contribution in [0.2, 0.25) is 0 Å². The van der Waals surface area contributed by atoms with Crippen molar-refractivity contribution < 1.29 is 4.74 Å². The number of nitrogens with one attached hydrogen (secondary N) is 1. The lowest BCUT2D eigenvalue weighted by molar-refractivity contribution is 0.0524. The van der Waals surface area contributed by atoms with Crippen LogP contribution < -0.4 is 0 Å². The fraction of sp³-hybridized carbons (Fsp3) is 0.818. The van der Waals surface area contributed by atoms with Crippen LogP contribution >= 0.6 is 12.2 Å². The van der Waals surface area contributed by atoms with Crippen LogP contribution in [0.1, 0.15) is 38.4 Å². The number of rotatable bonds is 5. The summed E-state index contributed by atoms with van der Waals surface area (Å²) in [4.78, 5) is 0. The van der Waals surface area contributed by atoms with E-state index in [0.29, 0.717) is 10.9 Å². The molecule has 2 rings (SSSR count). The Morgan fingerprint density at radius 1 is 1.50 bits per heavy atom. The first-order valence-corrected chi connectivity index (χ1v) is 6.47. The number of aromatic nitrogens is 3. The quantitative estimate of drug-likeness (QED) is 0.805. The number of hydrogen-bond acceptors (Lipinski definition) is 3. The average molecular weight is 241 g/mol. The van der Waals surface area contributed by atoms with Crippen molar-refractivity contribution in [3.8, 4) is 0 Å². The molecule has 1 heterocycles. The Bertz CT molecular complexity index is 379. The van der Waals surface area contributed by atoms with Crippen molar-refractivity contribution in [2.45, 2.75) is 51.7 Å². The first kappa shape index (κ1) is 11.8. The molecule has 16 heavy (non-hydrogen) atoms. The summed E-state index contributed by atoms with van der Waals surface area (Å²) in [6.45, 7) is 3.64. The highest BCUT2D eigenvalue weighted by Crippen LogP contribution is 2.20. The van der Waals surface area contributed by atoms with E-state index in [1.54, 1.807) is 0 Å². The number of nitrogens with zero attached hydrogens (tertiary/aromatic N) is 2. The highest BCUT2D eigenvalue weighted by molar-refractivity contribution is 7.71. The zero-order valence-electron chi connectivity index (χ0n) is 9.74. The average Bonchev–Trinajstić information content (AvgIpc) is 2.90. The maximum Gasteiger partial charge on any atom is 0.195 e. The van der Waals surface area contributed by atoms with Crippen molar-refractivity contribution in [3.05, 3.63) is 10.6 Å². The number of aryl methyl sites for hydroxylation is 1. The zero-order chi connectivity index (χ0) is 11.4. The molecule has 1 aromatic heterocycles. The van der Waals surface area contributed by atoms with Crippen molar-refractivity contribution in [3.63, 3.8) is 0 Å². The lowest BCUT2D eigenvalue weighted by Gasteiger charge is -2.11. The van der Waals surface area contributed by atoms with Gasteiger partial charge in [0, 0.05) is 6.42 Å². The van der Waals surface area contributed by atoms with Crippen molar-refractivity contribution in [2.75, 3.05) is 6.61 Å². The minimum absolute atomic E-state index is 0.478. The van der Waals surface area contributed by atoms with E-state index < -0.39 is 0 Å². The molecule has 0 aliphatic heterocycles. The Morgan fingerprint density at radius 3 is 2.94 bits per heavy atom. The van der Waals surface area contributed by atoms with Crippen LogP contribution in [0.4, 0.5) is 0 Å². The minimum Gasteiger partial charge on any atom is -0.376 e. The van der Waals surface area contributed by atoms with Crippen molar-refractivity contribution in [1.82, 2.24) is 14.8 Å². The van der Waals surface area contributed by atoms with E-state index in [-0.39, 0.29) is 0 Å². The largest absolute Gasteiger partial charge is 0.376 e. The molecule has 0 atom stereocenters. The van der Waals surface area contributed by atoms with E-state index in [2.05, 4.69) is 17.1 Å². The van der Waals surface area contributed by atoms with Crippen molar-refractivity contribution >= 4 is 12.2 Å². The monoisotopic (exact) mass is 241 g/mol. The molecule has 5 heteroatoms. The van der Waals surface area contributed by atoms with E-state index in [1.165, 1.54) is 25.7 Å². The number of hydrogen-bond donors (Lipinski definition) is 1. The summed E-state index contributed by atoms with van der Waals surface area (Å²) in [5.74, 6) is 1.01. The standard InChI is InChI=1S/C11H19N3OS/c1-2-10-12-13-11(16)14(10)7-8-15-9-5-3-4-6-9/h9H,2-8H2,1H3,(H,13,16). The maximum absolute atomic E-state index is 5.82. The lowest BCUT2D eigenvalue weighted by Crippen LogP contribution is -2.14. The predicted molar refractivity (Wildman–Crippen MR) is 65.0 cm³/mol. The first-order chi connectivity index (χ1) is 7.81. The van der Waals surface area contributed by atoms with Crippen LogP contribution in [0.3, 0.4) is 0 Å². The number of aromatic amines is 1. The van der Waals surface area contributed by atoms with Crippen LogP contribution in [0.15, 0.2) is 0 Å². The van der Waals surface area contributed by atoms with Gasteiger partial charge in [-0.05, 0) is 25.1 Å². The highest BCUT2D eigenvalue weighted by Gasteiger charge is 2.15. The van der Waals surface area contributed by atoms with E-state index in [9.17, 15) is 0 Å². The normalized spacial score (nSPS) is 17.1. The summed E-state index contributed by atoms with van der Waals surface area (Å²) in [6, 6.07) is 0. The summed E-state index contributed by atoms with van der Waals surface area (Å²) in [5, 5.41) is 7.00. The molecule has 0 radical (unpaired) electrons. The van der Waals surface area contributed by atoms with Gasteiger partial charge in [-0.3, -0.25) is 5.10 Å². The summed E-state index contributed by atoms with van der Waals surface area (Å²) < 4.78 is 8.55. The summed E-state index contributed by atoms with van der Waals surface area (Å²) >= 11 is 5.18. The summed E-state index contributed by atoms with van der Waals surface area (Å²) in [6.07, 6.45) is 6.45. The molecule has 4 nitrogen and oxygen atoms in total. The Hall–Kier alpha value is -0.680. The van der Waals surface area contributed by atoms with Gasteiger partial charge in [-0.1, -0.05) is 19.8 Å². The van der Waals surface area contributed by atoms with Gasteiger partial charge in [0.05, 0.1) is 19.3 Å². The molecule has 1 saturated carbocycles. The zero-order valence-corrected chi connectivity index (χ0v) is 10.6. The Labute approximate surface area is 101 Å². The van der Waals surface area contributed by atoms with Gasteiger partial charge in [0.15, 0.2) is 4.77 Å². The molecule has 0 bridgehead atoms. The predicted octanol–water partition coefficient (Wildman–Crippen LogP) is 2.46. The molecule has 0 spiro atoms. The smallest absolute Gasteiger partial charge is 0.195 e. The highest BCUT2D eigenvalue weighted by atomic mass is 32.1. The van der Waals surface area contributed by atoms with Gasteiger partial charge in [-0.15, -0.1) is 0 Å². The molecule has 1 fully saturated rings. The molecular weight excluding hydrogens is 222 g/mol. The SMILES string of the molecule is CCc1n[nH]c(=S)n1CCOC1CCCC1. The van der Waals surface area contributed by atoms with Gasteiger partial charge in [0.2, 0.25) is 0 Å². The maximum atomic E-state index is 5.82. The third-order valence-electron chi connectivity index (χ3n) is 3.12. The number of ether oxygens (including phenoxy) is 1. The van der Waals surface area contributed by atoms with E-state index in [4.69, 9.17) is 17.0 Å².